The van der Waals surface area contributed by atoms with Gasteiger partial charge in [-0.2, -0.15) is 8.42 Å². The van der Waals surface area contributed by atoms with Crippen LogP contribution in [0.25, 0.3) is 0 Å². The van der Waals surface area contributed by atoms with Crippen molar-refractivity contribution in [3.8, 4) is 5.75 Å². The molecule has 1 heterocycles. The first kappa shape index (κ1) is 37.6. The van der Waals surface area contributed by atoms with Crippen molar-refractivity contribution >= 4 is 41.7 Å². The number of anilines is 1. The number of methoxy groups -OCH3 is 1. The average molecular weight is 746 g/mol. The van der Waals surface area contributed by atoms with Crippen LogP contribution >= 0.6 is 11.6 Å². The van der Waals surface area contributed by atoms with E-state index in [4.69, 9.17) is 29.7 Å². The topological polar surface area (TPSA) is 91.4 Å². The van der Waals surface area contributed by atoms with Gasteiger partial charge in [0.25, 0.3) is 10.1 Å². The quantitative estimate of drug-likeness (QED) is 0.143. The van der Waals surface area contributed by atoms with Crippen LogP contribution in [0.3, 0.4) is 0 Å². The Balaban J connectivity index is 1.34. The summed E-state index contributed by atoms with van der Waals surface area (Å²) in [5, 5.41) is 0.798. The zero-order chi connectivity index (χ0) is 36.1. The third-order valence-electron chi connectivity index (χ3n) is 12.5. The minimum Gasteiger partial charge on any atom is -0.490 e. The fraction of sp³-hybridized carbons (Fsp3) is 0.667. The van der Waals surface area contributed by atoms with Gasteiger partial charge in [0.2, 0.25) is 0 Å². The van der Waals surface area contributed by atoms with Crippen molar-refractivity contribution in [2.75, 3.05) is 38.0 Å². The van der Waals surface area contributed by atoms with E-state index in [1.165, 1.54) is 18.2 Å². The number of carbonyl (C=O) groups is 1. The Bertz CT molecular complexity index is 1680. The maximum atomic E-state index is 12.8. The van der Waals surface area contributed by atoms with Crippen molar-refractivity contribution in [3.63, 3.8) is 0 Å². The van der Waals surface area contributed by atoms with Gasteiger partial charge in [-0.15, -0.1) is 0 Å². The Kier molecular flexibility index (Phi) is 10.8. The largest absolute Gasteiger partial charge is 0.490 e. The molecular weight excluding hydrogens is 690 g/mol. The van der Waals surface area contributed by atoms with Gasteiger partial charge in [-0.1, -0.05) is 44.9 Å². The van der Waals surface area contributed by atoms with Gasteiger partial charge in [-0.3, -0.25) is 4.18 Å². The molecule has 0 amide bonds. The number of esters is 1. The molecule has 0 bridgehead atoms. The van der Waals surface area contributed by atoms with Crippen LogP contribution in [-0.4, -0.2) is 68.0 Å². The molecule has 1 aliphatic heterocycles. The molecule has 2 aromatic carbocycles. The minimum absolute atomic E-state index is 0.0243. The number of benzene rings is 2. The van der Waals surface area contributed by atoms with Crippen LogP contribution in [-0.2, 0) is 35.3 Å². The van der Waals surface area contributed by atoms with Crippen LogP contribution in [0, 0.1) is 17.8 Å². The van der Waals surface area contributed by atoms with Crippen LogP contribution in [0.2, 0.25) is 23.2 Å². The van der Waals surface area contributed by atoms with E-state index < -0.39 is 18.4 Å². The van der Waals surface area contributed by atoms with Crippen LogP contribution < -0.4 is 9.64 Å². The van der Waals surface area contributed by atoms with Crippen LogP contribution in [0.1, 0.15) is 93.6 Å². The van der Waals surface area contributed by atoms with E-state index in [0.717, 1.165) is 87.2 Å². The molecule has 0 aromatic heterocycles. The van der Waals surface area contributed by atoms with E-state index in [1.54, 1.807) is 6.07 Å². The molecule has 11 heteroatoms. The Morgan fingerprint density at radius 3 is 2.56 bits per heavy atom. The first-order chi connectivity index (χ1) is 23.5. The van der Waals surface area contributed by atoms with Crippen LogP contribution in [0.5, 0.6) is 5.75 Å². The number of rotatable bonds is 9. The molecule has 0 N–H and O–H groups in total. The highest BCUT2D eigenvalue weighted by Crippen LogP contribution is 2.50. The zero-order valence-electron chi connectivity index (χ0n) is 30.9. The third-order valence-corrected chi connectivity index (χ3v) is 17.8. The Hall–Kier alpha value is -2.11. The lowest BCUT2D eigenvalue weighted by molar-refractivity contribution is -0.0368. The predicted octanol–water partition coefficient (Wildman–Crippen LogP) is 8.55. The molecule has 50 heavy (non-hydrogen) atoms. The number of fused-ring (bicyclic) bond motifs is 3. The Morgan fingerprint density at radius 1 is 1.10 bits per heavy atom. The maximum Gasteiger partial charge on any atom is 0.337 e. The first-order valence-electron chi connectivity index (χ1n) is 18.4. The number of aryl methyl sites for hydroxylation is 1. The van der Waals surface area contributed by atoms with Gasteiger partial charge in [0.05, 0.1) is 43.4 Å². The molecule has 6 rings (SSSR count). The summed E-state index contributed by atoms with van der Waals surface area (Å²) >= 11 is 6.49. The molecule has 0 saturated heterocycles. The number of halogens is 1. The number of ether oxygens (including phenoxy) is 2. The van der Waals surface area contributed by atoms with E-state index >= 15 is 0 Å². The summed E-state index contributed by atoms with van der Waals surface area (Å²) in [7, 11) is -4.30. The van der Waals surface area contributed by atoms with E-state index in [-0.39, 0.29) is 34.5 Å². The van der Waals surface area contributed by atoms with Gasteiger partial charge >= 0.3 is 5.97 Å². The highest BCUT2D eigenvalue weighted by molar-refractivity contribution is 7.86. The number of hydrogen-bond acceptors (Lipinski definition) is 8. The molecule has 4 aliphatic rings. The van der Waals surface area contributed by atoms with E-state index in [9.17, 15) is 13.2 Å². The minimum atomic E-state index is -3.54. The van der Waals surface area contributed by atoms with Crippen molar-refractivity contribution in [3.05, 3.63) is 58.1 Å². The molecule has 1 unspecified atom stereocenters. The van der Waals surface area contributed by atoms with Crippen molar-refractivity contribution < 1.29 is 31.3 Å². The lowest BCUT2D eigenvalue weighted by Crippen LogP contribution is -2.54. The SMILES string of the molecule is COC(=O)c1ccc2c(c1)N(C[C@@H]1CC[C@H]1[C@H](O[Si](C)(C)C(C)(C)C)[C@@H]1CCC[C@@H](OS(C)(=O)=O)C1)CC1(CCCc3cc(Cl)ccc31)CO2. The Labute approximate surface area is 305 Å². The van der Waals surface area contributed by atoms with Gasteiger partial charge < -0.3 is 18.8 Å². The number of hydrogen-bond donors (Lipinski definition) is 0. The summed E-state index contributed by atoms with van der Waals surface area (Å²) < 4.78 is 49.1. The molecule has 2 fully saturated rings. The summed E-state index contributed by atoms with van der Waals surface area (Å²) in [6.07, 6.45) is 9.48. The predicted molar refractivity (Wildman–Crippen MR) is 202 cm³/mol. The molecule has 3 aliphatic carbocycles. The fourth-order valence-corrected chi connectivity index (χ4v) is 11.0. The second-order valence-corrected chi connectivity index (χ2v) is 23.8. The summed E-state index contributed by atoms with van der Waals surface area (Å²) in [6.45, 7) is 13.6. The molecular formula is C39H56ClNO7SSi. The van der Waals surface area contributed by atoms with E-state index in [1.807, 2.05) is 18.2 Å². The molecule has 2 aromatic rings. The Morgan fingerprint density at radius 2 is 1.88 bits per heavy atom. The number of nitrogens with zero attached hydrogens (tertiary/aromatic N) is 1. The van der Waals surface area contributed by atoms with Crippen LogP contribution in [0.15, 0.2) is 36.4 Å². The van der Waals surface area contributed by atoms with Gasteiger partial charge in [0.1, 0.15) is 5.75 Å². The zero-order valence-corrected chi connectivity index (χ0v) is 33.5. The van der Waals surface area contributed by atoms with Gasteiger partial charge in [-0.05, 0) is 129 Å². The van der Waals surface area contributed by atoms with Crippen molar-refractivity contribution in [2.24, 2.45) is 17.8 Å². The monoisotopic (exact) mass is 745 g/mol. The highest BCUT2D eigenvalue weighted by Gasteiger charge is 2.49. The second kappa shape index (κ2) is 14.4. The lowest BCUT2D eigenvalue weighted by atomic mass is 9.65. The van der Waals surface area contributed by atoms with Crippen molar-refractivity contribution in [1.29, 1.82) is 0 Å². The number of carbonyl (C=O) groups excluding carboxylic acids is 1. The van der Waals surface area contributed by atoms with Crippen molar-refractivity contribution in [2.45, 2.75) is 114 Å². The fourth-order valence-electron chi connectivity index (χ4n) is 8.76. The van der Waals surface area contributed by atoms with Gasteiger partial charge in [-0.25, -0.2) is 4.79 Å². The summed E-state index contributed by atoms with van der Waals surface area (Å²) in [5.41, 5.74) is 3.81. The molecule has 1 spiro atoms. The van der Waals surface area contributed by atoms with E-state index in [0.29, 0.717) is 30.4 Å². The van der Waals surface area contributed by atoms with Gasteiger partial charge in [0.15, 0.2) is 8.32 Å². The molecule has 2 saturated carbocycles. The normalized spacial score (nSPS) is 27.7. The average Bonchev–Trinajstić information content (AvgIpc) is 3.17. The third kappa shape index (κ3) is 7.94. The molecule has 0 radical (unpaired) electrons. The first-order valence-corrected chi connectivity index (χ1v) is 23.5. The molecule has 276 valence electrons. The summed E-state index contributed by atoms with van der Waals surface area (Å²) in [5.74, 6) is 1.34. The smallest absolute Gasteiger partial charge is 0.337 e. The molecule has 6 atom stereocenters. The summed E-state index contributed by atoms with van der Waals surface area (Å²) in [6, 6.07) is 12.0. The summed E-state index contributed by atoms with van der Waals surface area (Å²) in [4.78, 5) is 15.2. The molecule has 8 nitrogen and oxygen atoms in total. The highest BCUT2D eigenvalue weighted by atomic mass is 35.5. The van der Waals surface area contributed by atoms with Gasteiger partial charge in [0, 0.05) is 23.5 Å². The second-order valence-electron chi connectivity index (χ2n) is 17.0. The van der Waals surface area contributed by atoms with Crippen LogP contribution in [0.4, 0.5) is 5.69 Å². The van der Waals surface area contributed by atoms with E-state index in [2.05, 4.69) is 50.9 Å². The van der Waals surface area contributed by atoms with Crippen molar-refractivity contribution in [1.82, 2.24) is 0 Å². The lowest BCUT2D eigenvalue weighted by Gasteiger charge is -2.52. The maximum absolute atomic E-state index is 12.8. The standard InChI is InChI=1S/C39H56ClNO7SSi/c1-38(2,3)50(6,7)48-36(27-10-8-12-31(21-27)47-49(5,43)44)32-16-13-29(32)23-41-24-39(19-9-11-26-20-30(40)15-17-33(26)39)25-46-35-18-14-28(22-34(35)41)37(42)45-4/h14-15,17-18,20,22,27,29,31-32,36H,8-13,16,19,21,23-25H2,1-7H3/t27-,29+,31-,32-,36-,39?/m1/s1.